The molecule has 162 valence electrons. The molecule has 2 N–H and O–H groups in total. The summed E-state index contributed by atoms with van der Waals surface area (Å²) in [5.74, 6) is -2.94. The molecule has 10 nitrogen and oxygen atoms in total. The second kappa shape index (κ2) is 11.4. The Hall–Kier alpha value is -2.66. The summed E-state index contributed by atoms with van der Waals surface area (Å²) in [7, 11) is -3.18. The lowest BCUT2D eigenvalue weighted by molar-refractivity contribution is -0.159. The Bertz CT molecular complexity index is 788. The van der Waals surface area contributed by atoms with Crippen LogP contribution < -0.4 is 4.74 Å². The predicted octanol–water partition coefficient (Wildman–Crippen LogP) is 0.413. The fourth-order valence-electron chi connectivity index (χ4n) is 2.47. The lowest BCUT2D eigenvalue weighted by Crippen LogP contribution is -2.52. The highest BCUT2D eigenvalue weighted by Gasteiger charge is 2.28. The van der Waals surface area contributed by atoms with Crippen LogP contribution in [0, 0.1) is 6.92 Å². The van der Waals surface area contributed by atoms with Crippen molar-refractivity contribution >= 4 is 27.9 Å². The molecule has 0 aromatic heterocycles. The average Bonchev–Trinajstić information content (AvgIpc) is 2.68. The van der Waals surface area contributed by atoms with Crippen molar-refractivity contribution in [2.45, 2.75) is 20.3 Å². The number of carboxylic acids is 2. The van der Waals surface area contributed by atoms with E-state index in [1.165, 1.54) is 4.31 Å². The molecule has 29 heavy (non-hydrogen) atoms. The highest BCUT2D eigenvalue weighted by atomic mass is 32.2. The van der Waals surface area contributed by atoms with Gasteiger partial charge in [0.25, 0.3) is 5.91 Å². The van der Waals surface area contributed by atoms with Gasteiger partial charge in [0.1, 0.15) is 5.75 Å². The van der Waals surface area contributed by atoms with Gasteiger partial charge < -0.3 is 19.8 Å². The van der Waals surface area contributed by atoms with E-state index in [-0.39, 0.29) is 18.3 Å². The molecule has 1 aliphatic heterocycles. The van der Waals surface area contributed by atoms with Gasteiger partial charge >= 0.3 is 11.9 Å². The number of carboxylic acid groups (broad SMARTS) is 2. The molecule has 0 radical (unpaired) electrons. The fraction of sp³-hybridized carbons (Fsp3) is 0.500. The number of aliphatic carboxylic acids is 2. The maximum Gasteiger partial charge on any atom is 0.414 e. The second-order valence-electron chi connectivity index (χ2n) is 6.31. The number of nitrogens with zero attached hydrogens (tertiary/aromatic N) is 2. The standard InChI is InChI=1S/C16H24N2O4S.C2H2O4/c1-3-12-23(20,21)18-10-8-17(9-11-18)16(19)13-22-15-6-4-14(2)5-7-15;3-1(4)2(5)6/h4-7H,3,8-13H2,1-2H3;(H,3,4)(H,5,6). The van der Waals surface area contributed by atoms with E-state index in [0.29, 0.717) is 38.3 Å². The molecule has 0 aliphatic carbocycles. The van der Waals surface area contributed by atoms with Crippen molar-refractivity contribution < 1.29 is 37.8 Å². The summed E-state index contributed by atoms with van der Waals surface area (Å²) in [5, 5.41) is 14.8. The Morgan fingerprint density at radius 2 is 1.52 bits per heavy atom. The molecule has 0 atom stereocenters. The minimum absolute atomic E-state index is 0.0230. The summed E-state index contributed by atoms with van der Waals surface area (Å²) in [6.07, 6.45) is 0.603. The number of benzene rings is 1. The third kappa shape index (κ3) is 8.48. The van der Waals surface area contributed by atoms with Gasteiger partial charge in [0.05, 0.1) is 5.75 Å². The van der Waals surface area contributed by atoms with Crippen LogP contribution in [0.5, 0.6) is 5.75 Å². The number of carbonyl (C=O) groups excluding carboxylic acids is 1. The van der Waals surface area contributed by atoms with Crippen molar-refractivity contribution in [3.05, 3.63) is 29.8 Å². The first kappa shape index (κ1) is 24.4. The number of rotatable bonds is 6. The number of hydrogen-bond acceptors (Lipinski definition) is 6. The highest BCUT2D eigenvalue weighted by Crippen LogP contribution is 2.13. The van der Waals surface area contributed by atoms with E-state index in [9.17, 15) is 13.2 Å². The molecule has 2 rings (SSSR count). The largest absolute Gasteiger partial charge is 0.484 e. The van der Waals surface area contributed by atoms with E-state index in [2.05, 4.69) is 0 Å². The van der Waals surface area contributed by atoms with Gasteiger partial charge in [-0.05, 0) is 25.5 Å². The van der Waals surface area contributed by atoms with Crippen LogP contribution in [-0.4, -0.2) is 84.2 Å². The number of hydrogen-bond donors (Lipinski definition) is 2. The maximum atomic E-state index is 12.2. The molecule has 0 saturated carbocycles. The van der Waals surface area contributed by atoms with Crippen LogP contribution in [0.1, 0.15) is 18.9 Å². The van der Waals surface area contributed by atoms with Gasteiger partial charge in [-0.25, -0.2) is 18.0 Å². The predicted molar refractivity (Wildman–Crippen MR) is 104 cm³/mol. The summed E-state index contributed by atoms with van der Waals surface area (Å²) in [6, 6.07) is 7.52. The summed E-state index contributed by atoms with van der Waals surface area (Å²) in [4.78, 5) is 32.0. The van der Waals surface area contributed by atoms with Gasteiger partial charge in [-0.2, -0.15) is 4.31 Å². The van der Waals surface area contributed by atoms with Gasteiger partial charge in [-0.15, -0.1) is 0 Å². The average molecular weight is 430 g/mol. The molecule has 1 amide bonds. The van der Waals surface area contributed by atoms with E-state index in [4.69, 9.17) is 24.5 Å². The summed E-state index contributed by atoms with van der Waals surface area (Å²) < 4.78 is 31.0. The smallest absolute Gasteiger partial charge is 0.414 e. The first-order valence-corrected chi connectivity index (χ1v) is 10.6. The number of sulfonamides is 1. The van der Waals surface area contributed by atoms with Crippen LogP contribution in [0.15, 0.2) is 24.3 Å². The Morgan fingerprint density at radius 1 is 1.00 bits per heavy atom. The molecule has 0 unspecified atom stereocenters. The van der Waals surface area contributed by atoms with Gasteiger partial charge in [0.2, 0.25) is 10.0 Å². The van der Waals surface area contributed by atoms with Crippen molar-refractivity contribution in [3.63, 3.8) is 0 Å². The summed E-state index contributed by atoms with van der Waals surface area (Å²) >= 11 is 0. The molecule has 0 spiro atoms. The lowest BCUT2D eigenvalue weighted by atomic mass is 10.2. The quantitative estimate of drug-likeness (QED) is 0.618. The van der Waals surface area contributed by atoms with Gasteiger partial charge in [0.15, 0.2) is 6.61 Å². The number of piperazine rings is 1. The molecule has 1 aromatic carbocycles. The van der Waals surface area contributed by atoms with E-state index in [1.54, 1.807) is 4.90 Å². The van der Waals surface area contributed by atoms with Gasteiger partial charge in [-0.3, -0.25) is 4.79 Å². The Kier molecular flexibility index (Phi) is 9.56. The molecule has 11 heteroatoms. The summed E-state index contributed by atoms with van der Waals surface area (Å²) in [6.45, 7) is 5.36. The maximum absolute atomic E-state index is 12.2. The van der Waals surface area contributed by atoms with E-state index < -0.39 is 22.0 Å². The normalized spacial score (nSPS) is 14.5. The molecule has 1 saturated heterocycles. The van der Waals surface area contributed by atoms with Crippen LogP contribution in [-0.2, 0) is 24.4 Å². The number of carbonyl (C=O) groups is 3. The molecular formula is C18H26N2O8S. The Labute approximate surface area is 169 Å². The lowest BCUT2D eigenvalue weighted by Gasteiger charge is -2.33. The zero-order valence-electron chi connectivity index (χ0n) is 16.4. The van der Waals surface area contributed by atoms with E-state index in [1.807, 2.05) is 38.1 Å². The molecule has 1 fully saturated rings. The third-order valence-electron chi connectivity index (χ3n) is 4.01. The van der Waals surface area contributed by atoms with Gasteiger partial charge in [0, 0.05) is 26.2 Å². The first-order valence-electron chi connectivity index (χ1n) is 8.98. The second-order valence-corrected chi connectivity index (χ2v) is 8.40. The van der Waals surface area contributed by atoms with Crippen molar-refractivity contribution in [1.82, 2.24) is 9.21 Å². The minimum Gasteiger partial charge on any atom is -0.484 e. The van der Waals surface area contributed by atoms with Crippen molar-refractivity contribution in [2.24, 2.45) is 0 Å². The van der Waals surface area contributed by atoms with Crippen LogP contribution in [0.4, 0.5) is 0 Å². The van der Waals surface area contributed by atoms with Crippen molar-refractivity contribution in [2.75, 3.05) is 38.5 Å². The van der Waals surface area contributed by atoms with Gasteiger partial charge in [-0.1, -0.05) is 24.6 Å². The number of aryl methyl sites for hydroxylation is 1. The first-order chi connectivity index (χ1) is 13.6. The van der Waals surface area contributed by atoms with Crippen LogP contribution in [0.3, 0.4) is 0 Å². The molecule has 1 heterocycles. The summed E-state index contributed by atoms with van der Waals surface area (Å²) in [5.41, 5.74) is 1.13. The number of amides is 1. The van der Waals surface area contributed by atoms with Crippen LogP contribution in [0.25, 0.3) is 0 Å². The molecule has 1 aliphatic rings. The topological polar surface area (TPSA) is 142 Å². The van der Waals surface area contributed by atoms with E-state index >= 15 is 0 Å². The Balaban J connectivity index is 0.000000612. The third-order valence-corrected chi connectivity index (χ3v) is 6.09. The number of ether oxygens (including phenoxy) is 1. The van der Waals surface area contributed by atoms with Crippen molar-refractivity contribution in [1.29, 1.82) is 0 Å². The Morgan fingerprint density at radius 3 is 1.97 bits per heavy atom. The zero-order chi connectivity index (χ0) is 22.0. The van der Waals surface area contributed by atoms with E-state index in [0.717, 1.165) is 5.56 Å². The molecular weight excluding hydrogens is 404 g/mol. The SMILES string of the molecule is CCCS(=O)(=O)N1CCN(C(=O)COc2ccc(C)cc2)CC1.O=C(O)C(=O)O. The zero-order valence-corrected chi connectivity index (χ0v) is 17.2. The monoisotopic (exact) mass is 430 g/mol. The highest BCUT2D eigenvalue weighted by molar-refractivity contribution is 7.89. The van der Waals surface area contributed by atoms with Crippen LogP contribution in [0.2, 0.25) is 0 Å². The minimum atomic E-state index is -3.18. The molecule has 1 aromatic rings. The van der Waals surface area contributed by atoms with Crippen LogP contribution >= 0.6 is 0 Å². The molecule has 0 bridgehead atoms. The van der Waals surface area contributed by atoms with Crippen molar-refractivity contribution in [3.8, 4) is 5.75 Å². The fourth-order valence-corrected chi connectivity index (χ4v) is 3.97.